The average Bonchev–Trinajstić information content (AvgIpc) is 2.52. The molecule has 0 aliphatic carbocycles. The largest absolute Gasteiger partial charge is 0.382 e. The van der Waals surface area contributed by atoms with Crippen molar-refractivity contribution in [1.29, 1.82) is 5.26 Å². The number of carbonyl (C=O) groups is 1. The van der Waals surface area contributed by atoms with Crippen LogP contribution in [0.4, 0.5) is 5.82 Å². The minimum absolute atomic E-state index is 0.0198. The molecule has 0 bridgehead atoms. The Balaban J connectivity index is 1.92. The molecule has 7 heteroatoms. The van der Waals surface area contributed by atoms with Gasteiger partial charge >= 0.3 is 0 Å². The Kier molecular flexibility index (Phi) is 5.53. The maximum absolute atomic E-state index is 12.4. The molecule has 1 amide bonds. The number of amides is 1. The van der Waals surface area contributed by atoms with Gasteiger partial charge in [-0.25, -0.2) is 4.98 Å². The van der Waals surface area contributed by atoms with Crippen molar-refractivity contribution in [2.75, 3.05) is 38.7 Å². The van der Waals surface area contributed by atoms with E-state index in [0.29, 0.717) is 31.1 Å². The van der Waals surface area contributed by atoms with Gasteiger partial charge in [-0.1, -0.05) is 0 Å². The van der Waals surface area contributed by atoms with Crippen molar-refractivity contribution in [3.8, 4) is 6.07 Å². The summed E-state index contributed by atoms with van der Waals surface area (Å²) < 4.78 is 11.0. The first-order valence-corrected chi connectivity index (χ1v) is 7.48. The molecule has 1 saturated heterocycles. The smallest absolute Gasteiger partial charge is 0.242 e. The maximum atomic E-state index is 12.4. The number of hydrogen-bond acceptors (Lipinski definition) is 6. The summed E-state index contributed by atoms with van der Waals surface area (Å²) in [6.07, 6.45) is 1.35. The summed E-state index contributed by atoms with van der Waals surface area (Å²) in [7, 11) is 1.62. The zero-order chi connectivity index (χ0) is 16.9. The number of aromatic nitrogens is 1. The highest BCUT2D eigenvalue weighted by Crippen LogP contribution is 2.21. The second-order valence-corrected chi connectivity index (χ2v) is 6.13. The summed E-state index contributed by atoms with van der Waals surface area (Å²) in [6.45, 7) is 5.58. The quantitative estimate of drug-likeness (QED) is 0.872. The van der Waals surface area contributed by atoms with Gasteiger partial charge in [0.1, 0.15) is 11.9 Å². The Bertz CT molecular complexity index is 580. The number of morpholine rings is 1. The fourth-order valence-electron chi connectivity index (χ4n) is 2.60. The van der Waals surface area contributed by atoms with Gasteiger partial charge in [-0.05, 0) is 26.0 Å². The molecular formula is C16H22N4O3. The Morgan fingerprint density at radius 3 is 3.00 bits per heavy atom. The fourth-order valence-corrected chi connectivity index (χ4v) is 2.60. The van der Waals surface area contributed by atoms with Crippen molar-refractivity contribution in [3.05, 3.63) is 23.9 Å². The Morgan fingerprint density at radius 1 is 1.61 bits per heavy atom. The Hall–Kier alpha value is -2.17. The highest BCUT2D eigenvalue weighted by molar-refractivity contribution is 5.80. The van der Waals surface area contributed by atoms with E-state index in [-0.39, 0.29) is 18.6 Å². The molecule has 1 aromatic heterocycles. The molecule has 7 nitrogen and oxygen atoms in total. The van der Waals surface area contributed by atoms with Gasteiger partial charge < -0.3 is 19.7 Å². The zero-order valence-corrected chi connectivity index (χ0v) is 13.7. The predicted octanol–water partition coefficient (Wildman–Crippen LogP) is 1.02. The van der Waals surface area contributed by atoms with Crippen LogP contribution >= 0.6 is 0 Å². The third-order valence-corrected chi connectivity index (χ3v) is 3.50. The Labute approximate surface area is 136 Å². The maximum Gasteiger partial charge on any atom is 0.242 e. The van der Waals surface area contributed by atoms with Crippen molar-refractivity contribution in [3.63, 3.8) is 0 Å². The number of anilines is 1. The molecule has 0 spiro atoms. The van der Waals surface area contributed by atoms with E-state index in [4.69, 9.17) is 14.7 Å². The molecule has 1 fully saturated rings. The van der Waals surface area contributed by atoms with Crippen LogP contribution in [-0.4, -0.2) is 60.8 Å². The first kappa shape index (κ1) is 17.2. The molecule has 1 aliphatic heterocycles. The molecule has 2 heterocycles. The Morgan fingerprint density at radius 2 is 2.39 bits per heavy atom. The molecule has 1 aliphatic rings. The number of ether oxygens (including phenoxy) is 2. The topological polar surface area (TPSA) is 87.5 Å². The lowest BCUT2D eigenvalue weighted by molar-refractivity contribution is -0.167. The number of nitriles is 1. The highest BCUT2D eigenvalue weighted by Gasteiger charge is 2.35. The number of carbonyl (C=O) groups excluding carboxylic acids is 1. The number of nitrogens with one attached hydrogen (secondary N) is 1. The lowest BCUT2D eigenvalue weighted by Gasteiger charge is -2.42. The van der Waals surface area contributed by atoms with E-state index < -0.39 is 5.60 Å². The highest BCUT2D eigenvalue weighted by atomic mass is 16.5. The van der Waals surface area contributed by atoms with Crippen molar-refractivity contribution in [1.82, 2.24) is 9.88 Å². The van der Waals surface area contributed by atoms with Crippen LogP contribution in [0.5, 0.6) is 0 Å². The summed E-state index contributed by atoms with van der Waals surface area (Å²) >= 11 is 0. The van der Waals surface area contributed by atoms with Crippen LogP contribution in [0.2, 0.25) is 0 Å². The lowest BCUT2D eigenvalue weighted by Crippen LogP contribution is -2.56. The van der Waals surface area contributed by atoms with Gasteiger partial charge in [0.15, 0.2) is 0 Å². The van der Waals surface area contributed by atoms with Crippen LogP contribution in [0.1, 0.15) is 19.4 Å². The first-order chi connectivity index (χ1) is 10.9. The number of hydrogen-bond donors (Lipinski definition) is 1. The van der Waals surface area contributed by atoms with Gasteiger partial charge in [0.25, 0.3) is 0 Å². The standard InChI is InChI=1S/C16H22N4O3/c1-16(2)11-20(9-13(23-16)10-22-3)15(21)8-19-14-5-4-12(6-17)7-18-14/h4-5,7,13H,8-11H2,1-3H3,(H,18,19)/t13-/m1/s1. The SMILES string of the molecule is COC[C@H]1CN(C(=O)CNc2ccc(C#N)cn2)CC(C)(C)O1. The third kappa shape index (κ3) is 4.91. The summed E-state index contributed by atoms with van der Waals surface area (Å²) in [6, 6.07) is 5.35. The molecule has 0 aromatic carbocycles. The van der Waals surface area contributed by atoms with Gasteiger partial charge in [0.2, 0.25) is 5.91 Å². The number of methoxy groups -OCH3 is 1. The molecule has 23 heavy (non-hydrogen) atoms. The van der Waals surface area contributed by atoms with Crippen molar-refractivity contribution >= 4 is 11.7 Å². The minimum Gasteiger partial charge on any atom is -0.382 e. The summed E-state index contributed by atoms with van der Waals surface area (Å²) in [5.74, 6) is 0.548. The zero-order valence-electron chi connectivity index (χ0n) is 13.7. The summed E-state index contributed by atoms with van der Waals surface area (Å²) in [5, 5.41) is 11.7. The van der Waals surface area contributed by atoms with Crippen molar-refractivity contribution < 1.29 is 14.3 Å². The number of nitrogens with zero attached hydrogens (tertiary/aromatic N) is 3. The van der Waals surface area contributed by atoms with Gasteiger partial charge in [-0.15, -0.1) is 0 Å². The number of rotatable bonds is 5. The molecular weight excluding hydrogens is 296 g/mol. The van der Waals surface area contributed by atoms with Crippen molar-refractivity contribution in [2.24, 2.45) is 0 Å². The molecule has 0 saturated carbocycles. The van der Waals surface area contributed by atoms with Crippen LogP contribution in [0.15, 0.2) is 18.3 Å². The second-order valence-electron chi connectivity index (χ2n) is 6.13. The van der Waals surface area contributed by atoms with Gasteiger partial charge in [0, 0.05) is 26.4 Å². The van der Waals surface area contributed by atoms with Crippen LogP contribution in [0.25, 0.3) is 0 Å². The van der Waals surface area contributed by atoms with Crippen molar-refractivity contribution in [2.45, 2.75) is 25.6 Å². The molecule has 0 radical (unpaired) electrons. The van der Waals surface area contributed by atoms with Crippen LogP contribution < -0.4 is 5.32 Å². The summed E-state index contributed by atoms with van der Waals surface area (Å²) in [4.78, 5) is 18.3. The molecule has 2 rings (SSSR count). The summed E-state index contributed by atoms with van der Waals surface area (Å²) in [5.41, 5.74) is 0.0864. The average molecular weight is 318 g/mol. The fraction of sp³-hybridized carbons (Fsp3) is 0.562. The second kappa shape index (κ2) is 7.40. The van der Waals surface area contributed by atoms with E-state index in [9.17, 15) is 4.79 Å². The van der Waals surface area contributed by atoms with Crippen LogP contribution in [-0.2, 0) is 14.3 Å². The van der Waals surface area contributed by atoms with Gasteiger partial charge in [0.05, 0.1) is 30.4 Å². The monoisotopic (exact) mass is 318 g/mol. The molecule has 1 atom stereocenters. The molecule has 0 unspecified atom stereocenters. The van der Waals surface area contributed by atoms with Crippen LogP contribution in [0.3, 0.4) is 0 Å². The molecule has 1 aromatic rings. The predicted molar refractivity (Wildman–Crippen MR) is 84.8 cm³/mol. The molecule has 1 N–H and O–H groups in total. The van der Waals surface area contributed by atoms with E-state index in [1.54, 1.807) is 24.1 Å². The third-order valence-electron chi connectivity index (χ3n) is 3.50. The van der Waals surface area contributed by atoms with Gasteiger partial charge in [-0.3, -0.25) is 4.79 Å². The van der Waals surface area contributed by atoms with E-state index in [2.05, 4.69) is 10.3 Å². The lowest BCUT2D eigenvalue weighted by atomic mass is 10.1. The molecule has 124 valence electrons. The van der Waals surface area contributed by atoms with Gasteiger partial charge in [-0.2, -0.15) is 5.26 Å². The number of pyridine rings is 1. The first-order valence-electron chi connectivity index (χ1n) is 7.48. The van der Waals surface area contributed by atoms with Crippen LogP contribution in [0, 0.1) is 11.3 Å². The minimum atomic E-state index is -0.399. The van der Waals surface area contributed by atoms with E-state index in [1.165, 1.54) is 6.20 Å². The van der Waals surface area contributed by atoms with E-state index >= 15 is 0 Å². The van der Waals surface area contributed by atoms with E-state index in [0.717, 1.165) is 0 Å². The van der Waals surface area contributed by atoms with E-state index in [1.807, 2.05) is 19.9 Å². The normalized spacial score (nSPS) is 19.9.